The molecular weight excluding hydrogens is 320 g/mol. The summed E-state index contributed by atoms with van der Waals surface area (Å²) in [6.07, 6.45) is 6.02. The number of ether oxygens (including phenoxy) is 1. The lowest BCUT2D eigenvalue weighted by atomic mass is 10.1. The highest BCUT2D eigenvalue weighted by Crippen LogP contribution is 2.13. The topological polar surface area (TPSA) is 50.4 Å². The highest BCUT2D eigenvalue weighted by molar-refractivity contribution is 7.80. The van der Waals surface area contributed by atoms with E-state index in [1.807, 2.05) is 12.1 Å². The summed E-state index contributed by atoms with van der Waals surface area (Å²) in [6.45, 7) is 7.85. The van der Waals surface area contributed by atoms with Gasteiger partial charge in [-0.2, -0.15) is 0 Å². The van der Waals surface area contributed by atoms with E-state index in [2.05, 4.69) is 31.4 Å². The van der Waals surface area contributed by atoms with Gasteiger partial charge in [-0.3, -0.25) is 10.1 Å². The Kier molecular flexibility index (Phi) is 10.1. The molecule has 0 atom stereocenters. The van der Waals surface area contributed by atoms with Crippen LogP contribution in [0.15, 0.2) is 24.3 Å². The fourth-order valence-corrected chi connectivity index (χ4v) is 2.31. The van der Waals surface area contributed by atoms with Crippen molar-refractivity contribution in [2.24, 2.45) is 5.92 Å². The maximum atomic E-state index is 12.1. The lowest BCUT2D eigenvalue weighted by molar-refractivity contribution is 0.0976. The molecule has 0 aliphatic rings. The molecule has 4 nitrogen and oxygen atoms in total. The number of hydrogen-bond donors (Lipinski definition) is 2. The van der Waals surface area contributed by atoms with Crippen LogP contribution in [0.2, 0.25) is 0 Å². The van der Waals surface area contributed by atoms with Crippen molar-refractivity contribution in [3.63, 3.8) is 0 Å². The van der Waals surface area contributed by atoms with Gasteiger partial charge >= 0.3 is 0 Å². The van der Waals surface area contributed by atoms with E-state index in [0.717, 1.165) is 18.7 Å². The normalized spacial score (nSPS) is 10.5. The standard InChI is InChI=1S/C19H30N2O2S/c1-4-5-6-7-8-13-20-19(24)21-18(22)16-9-11-17(12-10-16)23-14-15(2)3/h9-12,15H,4-8,13-14H2,1-3H3,(H2,20,21,22,24). The van der Waals surface area contributed by atoms with Crippen molar-refractivity contribution in [1.82, 2.24) is 10.6 Å². The largest absolute Gasteiger partial charge is 0.493 e. The summed E-state index contributed by atoms with van der Waals surface area (Å²) in [5.41, 5.74) is 0.569. The van der Waals surface area contributed by atoms with Crippen LogP contribution in [0.1, 0.15) is 63.2 Å². The molecule has 0 spiro atoms. The van der Waals surface area contributed by atoms with Gasteiger partial charge in [-0.25, -0.2) is 0 Å². The Balaban J connectivity index is 2.29. The van der Waals surface area contributed by atoms with E-state index in [0.29, 0.717) is 23.2 Å². The SMILES string of the molecule is CCCCCCCNC(=S)NC(=O)c1ccc(OCC(C)C)cc1. The minimum Gasteiger partial charge on any atom is -0.493 e. The Hall–Kier alpha value is -1.62. The average Bonchev–Trinajstić information content (AvgIpc) is 2.56. The second-order valence-corrected chi connectivity index (χ2v) is 6.76. The zero-order chi connectivity index (χ0) is 17.8. The van der Waals surface area contributed by atoms with Crippen LogP contribution in [0.4, 0.5) is 0 Å². The zero-order valence-electron chi connectivity index (χ0n) is 15.1. The second kappa shape index (κ2) is 11.8. The number of benzene rings is 1. The van der Waals surface area contributed by atoms with E-state index in [1.54, 1.807) is 12.1 Å². The van der Waals surface area contributed by atoms with Gasteiger partial charge in [0.2, 0.25) is 0 Å². The zero-order valence-corrected chi connectivity index (χ0v) is 15.9. The lowest BCUT2D eigenvalue weighted by Gasteiger charge is -2.11. The summed E-state index contributed by atoms with van der Waals surface area (Å²) in [7, 11) is 0. The predicted octanol–water partition coefficient (Wildman–Crippen LogP) is 4.30. The van der Waals surface area contributed by atoms with Gasteiger partial charge in [0.1, 0.15) is 5.75 Å². The van der Waals surface area contributed by atoms with Crippen LogP contribution in [0.25, 0.3) is 0 Å². The Morgan fingerprint density at radius 2 is 1.79 bits per heavy atom. The summed E-state index contributed by atoms with van der Waals surface area (Å²) in [5.74, 6) is 1.04. The first-order valence-corrected chi connectivity index (χ1v) is 9.25. The van der Waals surface area contributed by atoms with Crippen LogP contribution < -0.4 is 15.4 Å². The highest BCUT2D eigenvalue weighted by atomic mass is 32.1. The van der Waals surface area contributed by atoms with E-state index in [4.69, 9.17) is 17.0 Å². The second-order valence-electron chi connectivity index (χ2n) is 6.35. The third kappa shape index (κ3) is 8.87. The number of amides is 1. The van der Waals surface area contributed by atoms with Crippen molar-refractivity contribution in [2.75, 3.05) is 13.2 Å². The predicted molar refractivity (Wildman–Crippen MR) is 104 cm³/mol. The van der Waals surface area contributed by atoms with Crippen LogP contribution in [0.3, 0.4) is 0 Å². The molecule has 0 unspecified atom stereocenters. The third-order valence-electron chi connectivity index (χ3n) is 3.49. The van der Waals surface area contributed by atoms with E-state index in [1.165, 1.54) is 25.7 Å². The number of rotatable bonds is 10. The number of hydrogen-bond acceptors (Lipinski definition) is 3. The van der Waals surface area contributed by atoms with Gasteiger partial charge in [0.05, 0.1) is 6.61 Å². The number of carbonyl (C=O) groups excluding carboxylic acids is 1. The first-order chi connectivity index (χ1) is 11.5. The first-order valence-electron chi connectivity index (χ1n) is 8.85. The van der Waals surface area contributed by atoms with E-state index < -0.39 is 0 Å². The van der Waals surface area contributed by atoms with Crippen LogP contribution in [-0.4, -0.2) is 24.2 Å². The highest BCUT2D eigenvalue weighted by Gasteiger charge is 2.08. The van der Waals surface area contributed by atoms with Crippen molar-refractivity contribution < 1.29 is 9.53 Å². The van der Waals surface area contributed by atoms with Crippen LogP contribution >= 0.6 is 12.2 Å². The van der Waals surface area contributed by atoms with Crippen molar-refractivity contribution in [3.8, 4) is 5.75 Å². The average molecular weight is 351 g/mol. The van der Waals surface area contributed by atoms with Gasteiger partial charge in [0.25, 0.3) is 5.91 Å². The maximum absolute atomic E-state index is 12.1. The summed E-state index contributed by atoms with van der Waals surface area (Å²) < 4.78 is 5.61. The Bertz CT molecular complexity index is 501. The van der Waals surface area contributed by atoms with Crippen LogP contribution in [0.5, 0.6) is 5.75 Å². The number of thiocarbonyl (C=S) groups is 1. The molecule has 2 N–H and O–H groups in total. The van der Waals surface area contributed by atoms with Crippen LogP contribution in [0, 0.1) is 5.92 Å². The van der Waals surface area contributed by atoms with Gasteiger partial charge in [-0.05, 0) is 48.8 Å². The lowest BCUT2D eigenvalue weighted by Crippen LogP contribution is -2.39. The molecule has 1 amide bonds. The molecule has 0 saturated heterocycles. The summed E-state index contributed by atoms with van der Waals surface area (Å²) in [4.78, 5) is 12.1. The van der Waals surface area contributed by atoms with Gasteiger partial charge < -0.3 is 10.1 Å². The third-order valence-corrected chi connectivity index (χ3v) is 3.74. The fraction of sp³-hybridized carbons (Fsp3) is 0.579. The monoisotopic (exact) mass is 350 g/mol. The number of nitrogens with one attached hydrogen (secondary N) is 2. The maximum Gasteiger partial charge on any atom is 0.257 e. The van der Waals surface area contributed by atoms with Gasteiger partial charge in [0.15, 0.2) is 5.11 Å². The minimum absolute atomic E-state index is 0.200. The molecule has 0 heterocycles. The molecule has 0 saturated carbocycles. The van der Waals surface area contributed by atoms with Crippen molar-refractivity contribution in [2.45, 2.75) is 52.9 Å². The molecule has 0 aliphatic carbocycles. The molecule has 5 heteroatoms. The van der Waals surface area contributed by atoms with Crippen molar-refractivity contribution >= 4 is 23.2 Å². The molecule has 1 rings (SSSR count). The Morgan fingerprint density at radius 3 is 2.42 bits per heavy atom. The summed E-state index contributed by atoms with van der Waals surface area (Å²) >= 11 is 5.16. The fourth-order valence-electron chi connectivity index (χ4n) is 2.12. The summed E-state index contributed by atoms with van der Waals surface area (Å²) in [6, 6.07) is 7.11. The molecule has 0 radical (unpaired) electrons. The summed E-state index contributed by atoms with van der Waals surface area (Å²) in [5, 5.41) is 6.17. The van der Waals surface area contributed by atoms with Gasteiger partial charge in [-0.1, -0.05) is 46.5 Å². The van der Waals surface area contributed by atoms with Crippen LogP contribution in [-0.2, 0) is 0 Å². The molecule has 134 valence electrons. The molecule has 0 fully saturated rings. The van der Waals surface area contributed by atoms with E-state index in [9.17, 15) is 4.79 Å². The van der Waals surface area contributed by atoms with Crippen molar-refractivity contribution in [3.05, 3.63) is 29.8 Å². The smallest absolute Gasteiger partial charge is 0.257 e. The Morgan fingerprint density at radius 1 is 1.12 bits per heavy atom. The quantitative estimate of drug-likeness (QED) is 0.488. The number of carbonyl (C=O) groups is 1. The van der Waals surface area contributed by atoms with Crippen molar-refractivity contribution in [1.29, 1.82) is 0 Å². The molecule has 0 aromatic heterocycles. The Labute approximate surface area is 151 Å². The molecular formula is C19H30N2O2S. The minimum atomic E-state index is -0.200. The molecule has 1 aromatic rings. The van der Waals surface area contributed by atoms with Gasteiger partial charge in [-0.15, -0.1) is 0 Å². The molecule has 0 bridgehead atoms. The van der Waals surface area contributed by atoms with E-state index >= 15 is 0 Å². The number of unbranched alkanes of at least 4 members (excludes halogenated alkanes) is 4. The first kappa shape index (κ1) is 20.4. The van der Waals surface area contributed by atoms with E-state index in [-0.39, 0.29) is 5.91 Å². The van der Waals surface area contributed by atoms with Gasteiger partial charge in [0, 0.05) is 12.1 Å². The molecule has 24 heavy (non-hydrogen) atoms. The molecule has 0 aliphatic heterocycles. The molecule has 1 aromatic carbocycles.